The molecule has 0 aliphatic heterocycles. The molecular weight excluding hydrogens is 830 g/mol. The van der Waals surface area contributed by atoms with Crippen LogP contribution in [0.25, 0.3) is 0 Å². The summed E-state index contributed by atoms with van der Waals surface area (Å²) in [5.41, 5.74) is 9.36. The predicted octanol–water partition coefficient (Wildman–Crippen LogP) is 14.2. The number of aryl methyl sites for hydroxylation is 5. The molecule has 2 aromatic rings. The van der Waals surface area contributed by atoms with E-state index in [0.717, 1.165) is 76.4 Å². The molecule has 11 nitrogen and oxygen atoms in total. The summed E-state index contributed by atoms with van der Waals surface area (Å²) in [5.74, 6) is 3.84. The molecule has 64 heavy (non-hydrogen) atoms. The Morgan fingerprint density at radius 3 is 1.52 bits per heavy atom. The maximum absolute atomic E-state index is 12.7. The molecule has 0 amide bonds. The van der Waals surface area contributed by atoms with Gasteiger partial charge >= 0.3 is 19.8 Å². The number of carbonyl (C=O) groups is 2. The van der Waals surface area contributed by atoms with Crippen LogP contribution in [0.3, 0.4) is 0 Å². The van der Waals surface area contributed by atoms with Crippen LogP contribution in [0, 0.1) is 20.8 Å². The maximum atomic E-state index is 12.7. The largest absolute Gasteiger partial charge is 0.472 e. The van der Waals surface area contributed by atoms with Gasteiger partial charge in [0.1, 0.15) is 29.6 Å². The fourth-order valence-electron chi connectivity index (χ4n) is 8.18. The van der Waals surface area contributed by atoms with Crippen LogP contribution < -0.4 is 5.73 Å². The van der Waals surface area contributed by atoms with Crippen molar-refractivity contribution in [1.29, 1.82) is 0 Å². The van der Waals surface area contributed by atoms with Gasteiger partial charge in [0.15, 0.2) is 6.10 Å². The molecule has 3 N–H and O–H groups in total. The summed E-state index contributed by atoms with van der Waals surface area (Å²) in [6.07, 6.45) is 33.3. The van der Waals surface area contributed by atoms with Crippen molar-refractivity contribution in [3.05, 3.63) is 45.8 Å². The number of esters is 2. The van der Waals surface area contributed by atoms with Crippen molar-refractivity contribution in [1.82, 2.24) is 0 Å². The molecule has 2 heterocycles. The third-order valence-electron chi connectivity index (χ3n) is 12.3. The van der Waals surface area contributed by atoms with Crippen LogP contribution in [0.1, 0.15) is 233 Å². The molecule has 0 radical (unpaired) electrons. The highest BCUT2D eigenvalue weighted by atomic mass is 31.2. The average Bonchev–Trinajstić information content (AvgIpc) is 3.76. The van der Waals surface area contributed by atoms with Gasteiger partial charge in [-0.25, -0.2) is 4.57 Å². The van der Waals surface area contributed by atoms with Crippen LogP contribution in [-0.2, 0) is 58.4 Å². The standard InChI is InChI=1S/C52H92NO10P/c1-6-8-26-32-46-40-43(3)48(61-46)33-28-22-18-14-10-12-16-20-24-30-36-51(54)58-41-47(42-60-64(56,57)59-39-38-53)62-52(55)37-31-25-21-17-13-11-15-19-23-29-35-50-45(5)44(4)49(63-50)34-27-9-7-2/h40,47H,6-39,41-42,53H2,1-5H3,(H,56,57)/t47-/m1/s1. The molecule has 370 valence electrons. The second-order valence-electron chi connectivity index (χ2n) is 18.2. The molecule has 0 fully saturated rings. The van der Waals surface area contributed by atoms with Gasteiger partial charge in [0.25, 0.3) is 0 Å². The van der Waals surface area contributed by atoms with Crippen molar-refractivity contribution < 1.29 is 46.4 Å². The minimum atomic E-state index is -4.40. The second-order valence-corrected chi connectivity index (χ2v) is 19.6. The van der Waals surface area contributed by atoms with E-state index in [4.69, 9.17) is 33.1 Å². The second kappa shape index (κ2) is 36.7. The Kier molecular flexibility index (Phi) is 33.0. The van der Waals surface area contributed by atoms with Crippen molar-refractivity contribution in [2.45, 2.75) is 246 Å². The van der Waals surface area contributed by atoms with Crippen LogP contribution in [0.4, 0.5) is 0 Å². The number of furan rings is 2. The number of hydrogen-bond donors (Lipinski definition) is 2. The molecule has 0 saturated heterocycles. The lowest BCUT2D eigenvalue weighted by Gasteiger charge is -2.19. The third-order valence-corrected chi connectivity index (χ3v) is 13.3. The molecule has 0 bridgehead atoms. The first-order chi connectivity index (χ1) is 31.0. The average molecular weight is 922 g/mol. The number of ether oxygens (including phenoxy) is 2. The Bertz CT molecular complexity index is 1540. The first kappa shape index (κ1) is 57.7. The van der Waals surface area contributed by atoms with Gasteiger partial charge in [-0.05, 0) is 82.1 Å². The highest BCUT2D eigenvalue weighted by molar-refractivity contribution is 7.47. The summed E-state index contributed by atoms with van der Waals surface area (Å²) in [4.78, 5) is 35.2. The van der Waals surface area contributed by atoms with E-state index in [9.17, 15) is 19.0 Å². The zero-order chi connectivity index (χ0) is 46.7. The molecule has 0 aliphatic rings. The van der Waals surface area contributed by atoms with Crippen LogP contribution in [0.5, 0.6) is 0 Å². The number of carbonyl (C=O) groups excluding carboxylic acids is 2. The van der Waals surface area contributed by atoms with Gasteiger partial charge in [-0.3, -0.25) is 18.6 Å². The Morgan fingerprint density at radius 2 is 1.02 bits per heavy atom. The lowest BCUT2D eigenvalue weighted by atomic mass is 10.0. The lowest BCUT2D eigenvalue weighted by molar-refractivity contribution is -0.161. The molecule has 2 atom stereocenters. The minimum absolute atomic E-state index is 0.0457. The SMILES string of the molecule is CCCCCc1cc(C)c(CCCCCCCCCCCCC(=O)OC[C@H](COP(=O)(O)OCCN)OC(=O)CCCCCCCCCCCCc2oc(CCCCC)c(C)c2C)o1. The summed E-state index contributed by atoms with van der Waals surface area (Å²) < 4.78 is 45.4. The number of hydrogen-bond acceptors (Lipinski definition) is 10. The number of nitrogens with two attached hydrogens (primary N) is 1. The van der Waals surface area contributed by atoms with Gasteiger partial charge in [0, 0.05) is 45.1 Å². The Labute approximate surface area is 389 Å². The van der Waals surface area contributed by atoms with Gasteiger partial charge in [0.05, 0.1) is 13.2 Å². The molecule has 1 unspecified atom stereocenters. The lowest BCUT2D eigenvalue weighted by Crippen LogP contribution is -2.29. The molecule has 0 aromatic carbocycles. The van der Waals surface area contributed by atoms with Gasteiger partial charge in [-0.15, -0.1) is 0 Å². The minimum Gasteiger partial charge on any atom is -0.466 e. The van der Waals surface area contributed by atoms with E-state index >= 15 is 0 Å². The maximum Gasteiger partial charge on any atom is 0.472 e. The summed E-state index contributed by atoms with van der Waals surface area (Å²) in [7, 11) is -4.40. The smallest absolute Gasteiger partial charge is 0.466 e. The van der Waals surface area contributed by atoms with E-state index in [1.54, 1.807) is 0 Å². The topological polar surface area (TPSA) is 161 Å². The number of unbranched alkanes of at least 4 members (excludes halogenated alkanes) is 22. The fraction of sp³-hybridized carbons (Fsp3) is 0.808. The quantitative estimate of drug-likeness (QED) is 0.0370. The van der Waals surface area contributed by atoms with Crippen LogP contribution in [-0.4, -0.2) is 49.3 Å². The van der Waals surface area contributed by atoms with Crippen LogP contribution in [0.15, 0.2) is 14.9 Å². The fourth-order valence-corrected chi connectivity index (χ4v) is 8.95. The van der Waals surface area contributed by atoms with Crippen LogP contribution in [0.2, 0.25) is 0 Å². The summed E-state index contributed by atoms with van der Waals surface area (Å²) in [6.45, 7) is 10.2. The van der Waals surface area contributed by atoms with E-state index in [-0.39, 0.29) is 32.6 Å². The van der Waals surface area contributed by atoms with E-state index in [0.29, 0.717) is 6.42 Å². The molecular formula is C52H92NO10P. The third kappa shape index (κ3) is 27.9. The van der Waals surface area contributed by atoms with Crippen molar-refractivity contribution in [3.63, 3.8) is 0 Å². The van der Waals surface area contributed by atoms with Crippen LogP contribution >= 0.6 is 7.82 Å². The summed E-state index contributed by atoms with van der Waals surface area (Å²) in [6, 6.07) is 2.22. The molecule has 0 spiro atoms. The van der Waals surface area contributed by atoms with E-state index < -0.39 is 32.5 Å². The number of phosphoric ester groups is 1. The van der Waals surface area contributed by atoms with Crippen molar-refractivity contribution in [2.24, 2.45) is 5.73 Å². The normalized spacial score (nSPS) is 13.0. The Hall–Kier alpha value is -2.43. The molecule has 2 rings (SSSR count). The Balaban J connectivity index is 1.52. The zero-order valence-corrected chi connectivity index (χ0v) is 42.2. The highest BCUT2D eigenvalue weighted by Gasteiger charge is 2.26. The molecule has 0 saturated carbocycles. The molecule has 12 heteroatoms. The van der Waals surface area contributed by atoms with E-state index in [1.165, 1.54) is 150 Å². The zero-order valence-electron chi connectivity index (χ0n) is 41.3. The van der Waals surface area contributed by atoms with Gasteiger partial charge in [0.2, 0.25) is 0 Å². The van der Waals surface area contributed by atoms with Gasteiger partial charge in [-0.1, -0.05) is 142 Å². The van der Waals surface area contributed by atoms with E-state index in [1.807, 2.05) is 0 Å². The Morgan fingerprint density at radius 1 is 0.578 bits per heavy atom. The predicted molar refractivity (Wildman–Crippen MR) is 259 cm³/mol. The van der Waals surface area contributed by atoms with Crippen molar-refractivity contribution >= 4 is 19.8 Å². The van der Waals surface area contributed by atoms with Gasteiger partial charge < -0.3 is 28.9 Å². The van der Waals surface area contributed by atoms with Crippen molar-refractivity contribution in [2.75, 3.05) is 26.4 Å². The van der Waals surface area contributed by atoms with Gasteiger partial charge in [-0.2, -0.15) is 0 Å². The van der Waals surface area contributed by atoms with Crippen molar-refractivity contribution in [3.8, 4) is 0 Å². The summed E-state index contributed by atoms with van der Waals surface area (Å²) >= 11 is 0. The first-order valence-electron chi connectivity index (χ1n) is 25.8. The van der Waals surface area contributed by atoms with E-state index in [2.05, 4.69) is 40.7 Å². The molecule has 2 aromatic heterocycles. The highest BCUT2D eigenvalue weighted by Crippen LogP contribution is 2.43. The summed E-state index contributed by atoms with van der Waals surface area (Å²) in [5, 5.41) is 0. The monoisotopic (exact) mass is 922 g/mol. The molecule has 0 aliphatic carbocycles. The number of phosphoric acid groups is 1. The first-order valence-corrected chi connectivity index (χ1v) is 27.3. The number of rotatable bonds is 43.